The first-order chi connectivity index (χ1) is 66.7. The van der Waals surface area contributed by atoms with Crippen LogP contribution in [0.2, 0.25) is 0 Å². The summed E-state index contributed by atoms with van der Waals surface area (Å²) in [5.41, 5.74) is 13.1. The Balaban J connectivity index is 1.11. The average Bonchev–Trinajstić information content (AvgIpc) is 1.16. The third-order valence-electron chi connectivity index (χ3n) is 21.9. The number of ether oxygens (including phenoxy) is 3. The summed E-state index contributed by atoms with van der Waals surface area (Å²) in [4.78, 5) is 245. The molecule has 3 aromatic rings. The molecule has 0 saturated carbocycles. The van der Waals surface area contributed by atoms with Gasteiger partial charge >= 0.3 is 29.8 Å². The second-order valence-corrected chi connectivity index (χ2v) is 33.5. The number of aromatic hydroxyl groups is 2. The third-order valence-corrected chi connectivity index (χ3v) is 22.1. The maximum Gasteiger partial charge on any atom is 0.317 e. The lowest BCUT2D eigenvalue weighted by atomic mass is 10.0. The molecule has 1 unspecified atom stereocenters. The number of rotatable bonds is 51. The Morgan fingerprint density at radius 3 is 1.28 bits per heavy atom. The van der Waals surface area contributed by atoms with E-state index in [1.807, 2.05) is 12.1 Å². The van der Waals surface area contributed by atoms with Crippen LogP contribution in [0.25, 0.3) is 0 Å². The highest BCUT2D eigenvalue weighted by Crippen LogP contribution is 2.20. The van der Waals surface area contributed by atoms with Gasteiger partial charge in [0.25, 0.3) is 0 Å². The maximum atomic E-state index is 14.5. The summed E-state index contributed by atoms with van der Waals surface area (Å²) < 4.78 is 16.9. The van der Waals surface area contributed by atoms with Crippen molar-refractivity contribution in [1.29, 1.82) is 10.8 Å². The van der Waals surface area contributed by atoms with Crippen molar-refractivity contribution < 1.29 is 136 Å². The molecule has 0 radical (unpaired) electrons. The molecule has 770 valence electrons. The number of phenols is 2. The van der Waals surface area contributed by atoms with Crippen LogP contribution in [0, 0.1) is 10.8 Å². The summed E-state index contributed by atoms with van der Waals surface area (Å²) >= 11 is 5.49. The minimum Gasteiger partial charge on any atom is -0.508 e. The first kappa shape index (κ1) is 114. The standard InChI is InChI=1S/C87H128N24O28S/c88-85(89)94-27-5-9-58-77(129)97-44-68(115)101-65(42-71(118)119)83(135)107-63(40-52-13-19-56(112)20-14-52)81(133)105-60(79(131)103-58)7-1-3-25-92-67(114)24-23-62(100-70(117)50-139-38-37-138-36-35-137-34-29-96-87(140)99-54-17-11-51(12-18-54)39-55-46-110(48-74(124)125)31-30-109(47-73(122)123)32-33-111(55)49-75(126)127)76(128)93-26-4-2-8-61-80(132)104-59(10-6-28-95-86(90)91)78(130)98-45-69(116)102-66(43-72(120)121)84(136)108-64(82(134)106-61)41-53-15-21-57(113)22-16-53/h11-22,55,58-66,112-113H,1-10,23-50H2,(H,92,114)(H,93,128)(H,97,129)(H,98,130)(H,100,117)(H,101,115)(H,102,116)(H,103,131)(H,104,132)(H,105,133)(H,106,134)(H,107,135)(H,108,136)(H,118,119)(H,120,121)(H,122,123)(H,124,125)(H,126,127)(H4,88,89,94)(H4,90,91,95)(H2,96,99,140)/t55?,58-,59-,60-,61-,62-,63+,64-,65-,66+/m0/s1. The average molecular weight is 1990 g/mol. The quantitative estimate of drug-likeness (QED) is 0.0108. The van der Waals surface area contributed by atoms with Crippen LogP contribution in [0.4, 0.5) is 5.69 Å². The van der Waals surface area contributed by atoms with Crippen LogP contribution >= 0.6 is 12.2 Å². The Morgan fingerprint density at radius 1 is 0.414 bits per heavy atom. The Morgan fingerprint density at radius 2 is 0.807 bits per heavy atom. The molecule has 10 atom stereocenters. The fourth-order valence-corrected chi connectivity index (χ4v) is 15.0. The second-order valence-electron chi connectivity index (χ2n) is 33.1. The van der Waals surface area contributed by atoms with E-state index in [1.165, 1.54) is 48.5 Å². The molecule has 3 aliphatic heterocycles. The zero-order valence-corrected chi connectivity index (χ0v) is 78.0. The van der Waals surface area contributed by atoms with Crippen molar-refractivity contribution in [2.45, 2.75) is 170 Å². The SMILES string of the molecule is N=C(N)NCCC[C@@H]1NC(=O)[C@H](CCCCNC(=O)[C@H](CCC(=O)NCCCC[C@@H]2NC(=O)[C@@H](Cc3ccc(O)cc3)NC(=O)[C@H](CC(=O)O)NC(=O)CNC(=O)[C@H](CCCNC(=N)N)NC2=O)NC(=O)COCCOCCOCCNC(=S)Nc2ccc(CC3CN(CC(=O)O)CCN(CC(=O)O)CCN3CC(=O)O)cc2)NC(=O)[C@H](Cc2ccc(O)cc2)NC(=O)[C@@H](CC(=O)O)NC(=O)CNC1=O. The number of nitrogens with two attached hydrogens (primary N) is 2. The van der Waals surface area contributed by atoms with Crippen LogP contribution in [-0.2, 0) is 120 Å². The molecule has 0 aliphatic carbocycles. The molecule has 3 aliphatic rings. The lowest BCUT2D eigenvalue weighted by molar-refractivity contribution is -0.141. The minimum absolute atomic E-state index is 0.0117. The number of phenolic OH excluding ortho intramolecular Hbond substituents is 2. The normalized spacial score (nSPS) is 20.0. The summed E-state index contributed by atoms with van der Waals surface area (Å²) in [7, 11) is 0. The number of carboxylic acid groups (broad SMARTS) is 5. The number of carbonyl (C=O) groups excluding carboxylic acids is 13. The van der Waals surface area contributed by atoms with Crippen LogP contribution < -0.4 is 102 Å². The lowest BCUT2D eigenvalue weighted by Crippen LogP contribution is -2.58. The number of anilines is 1. The van der Waals surface area contributed by atoms with Crippen molar-refractivity contribution in [1.82, 2.24) is 99.8 Å². The maximum absolute atomic E-state index is 14.5. The number of hydrogen-bond acceptors (Lipinski definition) is 29. The van der Waals surface area contributed by atoms with Gasteiger partial charge in [0.2, 0.25) is 76.8 Å². The fraction of sp³-hybridized carbons (Fsp3) is 0.552. The van der Waals surface area contributed by atoms with Crippen LogP contribution in [0.1, 0.15) is 107 Å². The molecular formula is C87H128N24O28S. The van der Waals surface area contributed by atoms with E-state index in [0.717, 1.165) is 5.56 Å². The molecule has 140 heavy (non-hydrogen) atoms. The van der Waals surface area contributed by atoms with Gasteiger partial charge in [-0.25, -0.2) is 0 Å². The number of benzene rings is 3. The van der Waals surface area contributed by atoms with Gasteiger partial charge in [-0.15, -0.1) is 0 Å². The molecule has 6 rings (SSSR count). The fourth-order valence-electron chi connectivity index (χ4n) is 14.8. The van der Waals surface area contributed by atoms with Crippen LogP contribution in [0.15, 0.2) is 72.8 Å². The predicted octanol–water partition coefficient (Wildman–Crippen LogP) is -7.54. The number of aliphatic carboxylic acids is 5. The van der Waals surface area contributed by atoms with Crippen LogP contribution in [-0.4, -0.2) is 372 Å². The topological polar surface area (TPSA) is 791 Å². The van der Waals surface area contributed by atoms with E-state index in [2.05, 4.69) is 90.4 Å². The lowest BCUT2D eigenvalue weighted by Gasteiger charge is -2.33. The monoisotopic (exact) mass is 1990 g/mol. The smallest absolute Gasteiger partial charge is 0.317 e. The largest absolute Gasteiger partial charge is 0.508 e. The number of nitrogens with zero attached hydrogens (tertiary/aromatic N) is 3. The number of thiocarbonyl (C=S) groups is 1. The number of guanidine groups is 2. The Hall–Kier alpha value is -14.3. The number of hydrogen-bond donors (Lipinski definition) is 28. The van der Waals surface area contributed by atoms with Gasteiger partial charge in [0, 0.05) is 96.4 Å². The molecule has 0 aromatic heterocycles. The van der Waals surface area contributed by atoms with Crippen molar-refractivity contribution >= 4 is 142 Å². The van der Waals surface area contributed by atoms with Gasteiger partial charge in [0.1, 0.15) is 72.5 Å². The molecule has 52 nitrogen and oxygen atoms in total. The Kier molecular flexibility index (Phi) is 50.5. The van der Waals surface area contributed by atoms with Gasteiger partial charge in [0.15, 0.2) is 17.0 Å². The third kappa shape index (κ3) is 46.2. The van der Waals surface area contributed by atoms with Crippen LogP contribution in [0.3, 0.4) is 0 Å². The predicted molar refractivity (Wildman–Crippen MR) is 501 cm³/mol. The molecule has 3 heterocycles. The molecule has 0 spiro atoms. The van der Waals surface area contributed by atoms with E-state index in [9.17, 15) is 122 Å². The number of carboxylic acids is 5. The summed E-state index contributed by atoms with van der Waals surface area (Å²) in [5.74, 6) is -19.5. The van der Waals surface area contributed by atoms with Gasteiger partial charge in [-0.3, -0.25) is 112 Å². The minimum atomic E-state index is -1.79. The highest BCUT2D eigenvalue weighted by Gasteiger charge is 2.38. The molecule has 3 saturated heterocycles. The van der Waals surface area contributed by atoms with Crippen LogP contribution in [0.5, 0.6) is 11.5 Å². The molecule has 3 aromatic carbocycles. The van der Waals surface area contributed by atoms with Gasteiger partial charge in [0.05, 0.1) is 78.6 Å². The second kappa shape index (κ2) is 61.8. The van der Waals surface area contributed by atoms with Crippen molar-refractivity contribution in [3.05, 3.63) is 89.5 Å². The zero-order chi connectivity index (χ0) is 103. The van der Waals surface area contributed by atoms with E-state index in [4.69, 9.17) is 48.7 Å². The number of unbranched alkanes of at least 4 members (excludes halogenated alkanes) is 2. The molecule has 0 bridgehead atoms. The summed E-state index contributed by atoms with van der Waals surface area (Å²) in [5, 5.41) is 128. The Labute approximate surface area is 810 Å². The molecule has 3 fully saturated rings. The van der Waals surface area contributed by atoms with Crippen molar-refractivity contribution in [2.24, 2.45) is 11.5 Å². The highest BCUT2D eigenvalue weighted by molar-refractivity contribution is 7.80. The van der Waals surface area contributed by atoms with E-state index in [1.54, 1.807) is 26.8 Å². The number of amides is 13. The highest BCUT2D eigenvalue weighted by atomic mass is 32.1. The summed E-state index contributed by atoms with van der Waals surface area (Å²) in [6.45, 7) is -1.56. The van der Waals surface area contributed by atoms with E-state index >= 15 is 0 Å². The van der Waals surface area contributed by atoms with Gasteiger partial charge in [-0.2, -0.15) is 0 Å². The van der Waals surface area contributed by atoms with Gasteiger partial charge < -0.3 is 152 Å². The first-order valence-corrected chi connectivity index (χ1v) is 45.8. The zero-order valence-electron chi connectivity index (χ0n) is 77.2. The van der Waals surface area contributed by atoms with E-state index < -0.39 is 218 Å². The van der Waals surface area contributed by atoms with E-state index in [0.29, 0.717) is 23.2 Å². The number of carbonyl (C=O) groups is 18. The van der Waals surface area contributed by atoms with Crippen molar-refractivity contribution in [3.63, 3.8) is 0 Å². The van der Waals surface area contributed by atoms with Crippen molar-refractivity contribution in [3.8, 4) is 11.5 Å². The van der Waals surface area contributed by atoms with Crippen molar-refractivity contribution in [2.75, 3.05) is 143 Å². The first-order valence-electron chi connectivity index (χ1n) is 45.4. The van der Waals surface area contributed by atoms with E-state index in [-0.39, 0.29) is 218 Å². The summed E-state index contributed by atoms with van der Waals surface area (Å²) in [6.07, 6.45) is -3.16. The molecule has 53 heteroatoms. The molecule has 13 amide bonds. The molecule has 30 N–H and O–H groups in total. The Bertz CT molecular complexity index is 4720. The number of nitrogens with one attached hydrogen (secondary N) is 19. The summed E-state index contributed by atoms with van der Waals surface area (Å²) in [6, 6.07) is 3.72. The molecular weight excluding hydrogens is 1860 g/mol. The van der Waals surface area contributed by atoms with Gasteiger partial charge in [-0.05, 0) is 142 Å². The van der Waals surface area contributed by atoms with Gasteiger partial charge in [-0.1, -0.05) is 36.4 Å².